The van der Waals surface area contributed by atoms with Crippen molar-refractivity contribution >= 4 is 0 Å². The monoisotopic (exact) mass is 225 g/mol. The highest BCUT2D eigenvalue weighted by Gasteiger charge is 2.21. The third-order valence-corrected chi connectivity index (χ3v) is 2.79. The van der Waals surface area contributed by atoms with Gasteiger partial charge in [-0.25, -0.2) is 0 Å². The third kappa shape index (κ3) is 4.37. The molecule has 0 aliphatic carbocycles. The van der Waals surface area contributed by atoms with Gasteiger partial charge < -0.3 is 9.52 Å². The Morgan fingerprint density at radius 2 is 2.12 bits per heavy atom. The molecule has 0 saturated carbocycles. The number of hydrogen-bond acceptors (Lipinski definition) is 3. The van der Waals surface area contributed by atoms with Gasteiger partial charge in [0.15, 0.2) is 0 Å². The molecule has 0 bridgehead atoms. The zero-order valence-corrected chi connectivity index (χ0v) is 10.7. The molecule has 1 N–H and O–H groups in total. The fourth-order valence-electron chi connectivity index (χ4n) is 1.52. The Labute approximate surface area is 98.1 Å². The minimum absolute atomic E-state index is 0.0362. The van der Waals surface area contributed by atoms with Crippen LogP contribution in [0.25, 0.3) is 0 Å². The molecular weight excluding hydrogens is 202 g/mol. The summed E-state index contributed by atoms with van der Waals surface area (Å²) in [5.74, 6) is 0.966. The van der Waals surface area contributed by atoms with Crippen molar-refractivity contribution in [3.8, 4) is 0 Å². The number of aliphatic hydroxyl groups excluding tert-OH is 1. The maximum absolute atomic E-state index is 9.91. The standard InChI is InChI=1S/C13H23NO2/c1-13(2,3)12(15)7-8-14(4)10-11-6-5-9-16-11/h5-6,9,12,15H,7-8,10H2,1-4H3. The number of hydrogen-bond donors (Lipinski definition) is 1. The van der Waals surface area contributed by atoms with Crippen molar-refractivity contribution in [1.82, 2.24) is 4.90 Å². The quantitative estimate of drug-likeness (QED) is 0.836. The number of aliphatic hydroxyl groups is 1. The Balaban J connectivity index is 2.28. The second-order valence-electron chi connectivity index (χ2n) is 5.49. The summed E-state index contributed by atoms with van der Waals surface area (Å²) in [6.45, 7) is 7.85. The molecule has 1 heterocycles. The van der Waals surface area contributed by atoms with Gasteiger partial charge in [0, 0.05) is 6.54 Å². The summed E-state index contributed by atoms with van der Waals surface area (Å²) >= 11 is 0. The fourth-order valence-corrected chi connectivity index (χ4v) is 1.52. The second-order valence-corrected chi connectivity index (χ2v) is 5.49. The summed E-state index contributed by atoms with van der Waals surface area (Å²) in [6.07, 6.45) is 2.22. The molecule has 0 amide bonds. The first-order chi connectivity index (χ1) is 7.39. The van der Waals surface area contributed by atoms with Gasteiger partial charge in [-0.1, -0.05) is 20.8 Å². The van der Waals surface area contributed by atoms with Crippen LogP contribution < -0.4 is 0 Å². The van der Waals surface area contributed by atoms with E-state index in [-0.39, 0.29) is 11.5 Å². The van der Waals surface area contributed by atoms with Crippen molar-refractivity contribution in [3.63, 3.8) is 0 Å². The smallest absolute Gasteiger partial charge is 0.117 e. The summed E-state index contributed by atoms with van der Waals surface area (Å²) in [7, 11) is 2.04. The Morgan fingerprint density at radius 1 is 1.44 bits per heavy atom. The SMILES string of the molecule is CN(CCC(O)C(C)(C)C)Cc1ccco1. The lowest BCUT2D eigenvalue weighted by Crippen LogP contribution is -2.30. The number of rotatable bonds is 5. The molecule has 0 spiro atoms. The Bertz CT molecular complexity index is 287. The van der Waals surface area contributed by atoms with Gasteiger partial charge in [0.05, 0.1) is 18.9 Å². The lowest BCUT2D eigenvalue weighted by atomic mass is 9.87. The molecule has 1 aromatic heterocycles. The van der Waals surface area contributed by atoms with E-state index in [0.717, 1.165) is 25.3 Å². The first-order valence-corrected chi connectivity index (χ1v) is 5.78. The normalized spacial score (nSPS) is 14.4. The molecule has 0 radical (unpaired) electrons. The molecule has 0 aromatic carbocycles. The van der Waals surface area contributed by atoms with Gasteiger partial charge in [-0.15, -0.1) is 0 Å². The van der Waals surface area contributed by atoms with E-state index in [9.17, 15) is 5.11 Å². The van der Waals surface area contributed by atoms with Crippen LogP contribution in [0.5, 0.6) is 0 Å². The Morgan fingerprint density at radius 3 is 2.62 bits per heavy atom. The predicted molar refractivity (Wildman–Crippen MR) is 65.1 cm³/mol. The van der Waals surface area contributed by atoms with Crippen LogP contribution in [0.4, 0.5) is 0 Å². The van der Waals surface area contributed by atoms with Gasteiger partial charge in [-0.3, -0.25) is 4.90 Å². The van der Waals surface area contributed by atoms with Crippen LogP contribution in [-0.2, 0) is 6.54 Å². The molecule has 0 aliphatic heterocycles. The predicted octanol–water partition coefficient (Wildman–Crippen LogP) is 2.51. The molecule has 3 heteroatoms. The highest BCUT2D eigenvalue weighted by atomic mass is 16.3. The lowest BCUT2D eigenvalue weighted by Gasteiger charge is -2.27. The van der Waals surface area contributed by atoms with Crippen molar-refractivity contribution in [1.29, 1.82) is 0 Å². The summed E-state index contributed by atoms with van der Waals surface area (Å²) in [4.78, 5) is 2.16. The van der Waals surface area contributed by atoms with Gasteiger partial charge in [-0.05, 0) is 31.0 Å². The van der Waals surface area contributed by atoms with E-state index < -0.39 is 0 Å². The topological polar surface area (TPSA) is 36.6 Å². The largest absolute Gasteiger partial charge is 0.468 e. The molecule has 3 nitrogen and oxygen atoms in total. The molecule has 92 valence electrons. The van der Waals surface area contributed by atoms with Crippen LogP contribution in [0, 0.1) is 5.41 Å². The molecule has 0 fully saturated rings. The zero-order valence-electron chi connectivity index (χ0n) is 10.7. The average molecular weight is 225 g/mol. The summed E-state index contributed by atoms with van der Waals surface area (Å²) in [6, 6.07) is 3.86. The summed E-state index contributed by atoms with van der Waals surface area (Å²) in [5.41, 5.74) is -0.0362. The molecule has 1 rings (SSSR count). The van der Waals surface area contributed by atoms with Gasteiger partial charge in [0.2, 0.25) is 0 Å². The van der Waals surface area contributed by atoms with Gasteiger partial charge in [-0.2, -0.15) is 0 Å². The molecule has 1 atom stereocenters. The first kappa shape index (κ1) is 13.3. The van der Waals surface area contributed by atoms with E-state index in [0.29, 0.717) is 0 Å². The summed E-state index contributed by atoms with van der Waals surface area (Å²) < 4.78 is 5.27. The zero-order chi connectivity index (χ0) is 12.2. The van der Waals surface area contributed by atoms with Gasteiger partial charge in [0.1, 0.15) is 5.76 Å². The van der Waals surface area contributed by atoms with Crippen molar-refractivity contribution in [2.75, 3.05) is 13.6 Å². The van der Waals surface area contributed by atoms with E-state index in [2.05, 4.69) is 25.7 Å². The Hall–Kier alpha value is -0.800. The van der Waals surface area contributed by atoms with Crippen LogP contribution in [0.1, 0.15) is 33.0 Å². The van der Waals surface area contributed by atoms with E-state index in [1.807, 2.05) is 19.2 Å². The number of furan rings is 1. The highest BCUT2D eigenvalue weighted by Crippen LogP contribution is 2.21. The van der Waals surface area contributed by atoms with E-state index in [1.165, 1.54) is 0 Å². The lowest BCUT2D eigenvalue weighted by molar-refractivity contribution is 0.0468. The van der Waals surface area contributed by atoms with Gasteiger partial charge >= 0.3 is 0 Å². The fraction of sp³-hybridized carbons (Fsp3) is 0.692. The van der Waals surface area contributed by atoms with Crippen LogP contribution >= 0.6 is 0 Å². The molecule has 1 aromatic rings. The van der Waals surface area contributed by atoms with Crippen molar-refractivity contribution in [2.45, 2.75) is 39.8 Å². The number of nitrogens with zero attached hydrogens (tertiary/aromatic N) is 1. The van der Waals surface area contributed by atoms with Gasteiger partial charge in [0.25, 0.3) is 0 Å². The van der Waals surface area contributed by atoms with E-state index in [1.54, 1.807) is 6.26 Å². The highest BCUT2D eigenvalue weighted by molar-refractivity contribution is 4.97. The molecule has 0 saturated heterocycles. The molecule has 16 heavy (non-hydrogen) atoms. The van der Waals surface area contributed by atoms with Crippen molar-refractivity contribution in [2.24, 2.45) is 5.41 Å². The van der Waals surface area contributed by atoms with Crippen LogP contribution in [0.3, 0.4) is 0 Å². The van der Waals surface area contributed by atoms with E-state index >= 15 is 0 Å². The molecular formula is C13H23NO2. The maximum atomic E-state index is 9.91. The second kappa shape index (κ2) is 5.51. The van der Waals surface area contributed by atoms with Crippen LogP contribution in [0.2, 0.25) is 0 Å². The average Bonchev–Trinajstić information content (AvgIpc) is 2.65. The molecule has 1 unspecified atom stereocenters. The van der Waals surface area contributed by atoms with Crippen molar-refractivity contribution in [3.05, 3.63) is 24.2 Å². The van der Waals surface area contributed by atoms with Crippen LogP contribution in [-0.4, -0.2) is 29.7 Å². The van der Waals surface area contributed by atoms with Crippen molar-refractivity contribution < 1.29 is 9.52 Å². The minimum atomic E-state index is -0.258. The first-order valence-electron chi connectivity index (χ1n) is 5.78. The maximum Gasteiger partial charge on any atom is 0.117 e. The third-order valence-electron chi connectivity index (χ3n) is 2.79. The summed E-state index contributed by atoms with van der Waals surface area (Å²) in [5, 5.41) is 9.91. The Kier molecular flexibility index (Phi) is 4.56. The van der Waals surface area contributed by atoms with Crippen LogP contribution in [0.15, 0.2) is 22.8 Å². The van der Waals surface area contributed by atoms with E-state index in [4.69, 9.17) is 4.42 Å². The minimum Gasteiger partial charge on any atom is -0.468 e. The molecule has 0 aliphatic rings.